The first-order chi connectivity index (χ1) is 11.6. The van der Waals surface area contributed by atoms with Crippen LogP contribution in [0.1, 0.15) is 37.7 Å². The average Bonchev–Trinajstić information content (AvgIpc) is 2.84. The Labute approximate surface area is 149 Å². The Morgan fingerprint density at radius 1 is 1.08 bits per heavy atom. The van der Waals surface area contributed by atoms with Gasteiger partial charge in [-0.25, -0.2) is 0 Å². The number of nitrogens with zero attached hydrogens (tertiary/aromatic N) is 1. The Morgan fingerprint density at radius 2 is 1.67 bits per heavy atom. The van der Waals surface area contributed by atoms with Crippen LogP contribution < -0.4 is 0 Å². The van der Waals surface area contributed by atoms with Crippen molar-refractivity contribution in [3.8, 4) is 0 Å². The predicted octanol–water partition coefficient (Wildman–Crippen LogP) is 3.06. The SMILES string of the molecule is O=C(CCN1C(=O)[C@H]2CCCC[C@H]2C1=O)OCc1ccc(Br)cc1. The van der Waals surface area contributed by atoms with Crippen LogP contribution in [-0.4, -0.2) is 29.2 Å². The van der Waals surface area contributed by atoms with Gasteiger partial charge in [-0.3, -0.25) is 19.3 Å². The second-order valence-corrected chi connectivity index (χ2v) is 7.28. The molecule has 128 valence electrons. The quantitative estimate of drug-likeness (QED) is 0.569. The van der Waals surface area contributed by atoms with E-state index in [1.807, 2.05) is 24.3 Å². The minimum absolute atomic E-state index is 0.0491. The zero-order valence-corrected chi connectivity index (χ0v) is 15.0. The number of imide groups is 1. The van der Waals surface area contributed by atoms with Crippen molar-refractivity contribution >= 4 is 33.7 Å². The molecule has 2 atom stereocenters. The van der Waals surface area contributed by atoms with E-state index >= 15 is 0 Å². The molecule has 1 aromatic rings. The van der Waals surface area contributed by atoms with E-state index in [4.69, 9.17) is 4.74 Å². The highest BCUT2D eigenvalue weighted by Gasteiger charge is 2.47. The lowest BCUT2D eigenvalue weighted by molar-refractivity contribution is -0.146. The summed E-state index contributed by atoms with van der Waals surface area (Å²) in [6, 6.07) is 7.50. The van der Waals surface area contributed by atoms with Gasteiger partial charge in [0.1, 0.15) is 6.61 Å². The van der Waals surface area contributed by atoms with Crippen molar-refractivity contribution < 1.29 is 19.1 Å². The Kier molecular flexibility index (Phi) is 5.33. The standard InChI is InChI=1S/C18H20BrNO4/c19-13-7-5-12(6-8-13)11-24-16(21)9-10-20-17(22)14-3-1-2-4-15(14)18(20)23/h5-8,14-15H,1-4,9-11H2/t14-,15+. The number of amides is 2. The molecular weight excluding hydrogens is 374 g/mol. The number of benzene rings is 1. The summed E-state index contributed by atoms with van der Waals surface area (Å²) < 4.78 is 6.18. The summed E-state index contributed by atoms with van der Waals surface area (Å²) in [5.74, 6) is -0.931. The molecule has 2 fully saturated rings. The van der Waals surface area contributed by atoms with Gasteiger partial charge < -0.3 is 4.74 Å². The van der Waals surface area contributed by atoms with Gasteiger partial charge in [0, 0.05) is 11.0 Å². The molecule has 1 aliphatic heterocycles. The number of hydrogen-bond acceptors (Lipinski definition) is 4. The fraction of sp³-hybridized carbons (Fsp3) is 0.500. The van der Waals surface area contributed by atoms with E-state index in [1.54, 1.807) is 0 Å². The van der Waals surface area contributed by atoms with Crippen LogP contribution in [0.25, 0.3) is 0 Å². The normalized spacial score (nSPS) is 23.3. The fourth-order valence-electron chi connectivity index (χ4n) is 3.47. The van der Waals surface area contributed by atoms with Gasteiger partial charge in [-0.2, -0.15) is 0 Å². The van der Waals surface area contributed by atoms with E-state index in [1.165, 1.54) is 4.90 Å². The summed E-state index contributed by atoms with van der Waals surface area (Å²) in [6.07, 6.45) is 3.64. The summed E-state index contributed by atoms with van der Waals surface area (Å²) in [6.45, 7) is 0.323. The molecule has 24 heavy (non-hydrogen) atoms. The third-order valence-corrected chi connectivity index (χ3v) is 5.31. The molecule has 2 amide bonds. The zero-order valence-electron chi connectivity index (χ0n) is 13.4. The molecule has 6 heteroatoms. The number of hydrogen-bond donors (Lipinski definition) is 0. The molecule has 0 bridgehead atoms. The van der Waals surface area contributed by atoms with Gasteiger partial charge in [-0.15, -0.1) is 0 Å². The highest BCUT2D eigenvalue weighted by molar-refractivity contribution is 9.10. The summed E-state index contributed by atoms with van der Waals surface area (Å²) in [5, 5.41) is 0. The summed E-state index contributed by atoms with van der Waals surface area (Å²) in [5.41, 5.74) is 0.894. The van der Waals surface area contributed by atoms with Gasteiger partial charge in [-0.1, -0.05) is 40.9 Å². The first kappa shape index (κ1) is 17.1. The number of ether oxygens (including phenoxy) is 1. The van der Waals surface area contributed by atoms with E-state index in [-0.39, 0.29) is 43.2 Å². The number of carbonyl (C=O) groups is 3. The van der Waals surface area contributed by atoms with Crippen molar-refractivity contribution in [3.05, 3.63) is 34.3 Å². The third-order valence-electron chi connectivity index (χ3n) is 4.79. The Hall–Kier alpha value is -1.69. The number of rotatable bonds is 5. The lowest BCUT2D eigenvalue weighted by atomic mass is 9.81. The van der Waals surface area contributed by atoms with Gasteiger partial charge in [-0.05, 0) is 30.5 Å². The molecule has 1 heterocycles. The smallest absolute Gasteiger partial charge is 0.307 e. The van der Waals surface area contributed by atoms with Crippen molar-refractivity contribution in [1.82, 2.24) is 4.90 Å². The second-order valence-electron chi connectivity index (χ2n) is 6.36. The highest BCUT2D eigenvalue weighted by atomic mass is 79.9. The number of esters is 1. The molecule has 0 N–H and O–H groups in total. The minimum atomic E-state index is -0.395. The van der Waals surface area contributed by atoms with Gasteiger partial charge >= 0.3 is 5.97 Å². The van der Waals surface area contributed by atoms with Crippen LogP contribution in [0, 0.1) is 11.8 Å². The molecular formula is C18H20BrNO4. The van der Waals surface area contributed by atoms with Crippen LogP contribution in [-0.2, 0) is 25.7 Å². The first-order valence-electron chi connectivity index (χ1n) is 8.31. The molecule has 0 radical (unpaired) electrons. The van der Waals surface area contributed by atoms with Crippen LogP contribution in [0.5, 0.6) is 0 Å². The van der Waals surface area contributed by atoms with Crippen molar-refractivity contribution in [1.29, 1.82) is 0 Å². The van der Waals surface area contributed by atoms with E-state index in [2.05, 4.69) is 15.9 Å². The van der Waals surface area contributed by atoms with E-state index in [9.17, 15) is 14.4 Å². The lowest BCUT2D eigenvalue weighted by Gasteiger charge is -2.19. The van der Waals surface area contributed by atoms with Gasteiger partial charge in [0.05, 0.1) is 18.3 Å². The van der Waals surface area contributed by atoms with E-state index < -0.39 is 5.97 Å². The molecule has 1 saturated heterocycles. The Balaban J connectivity index is 1.48. The monoisotopic (exact) mass is 393 g/mol. The molecule has 0 aromatic heterocycles. The van der Waals surface area contributed by atoms with Crippen LogP contribution in [0.15, 0.2) is 28.7 Å². The van der Waals surface area contributed by atoms with Crippen LogP contribution >= 0.6 is 15.9 Å². The average molecular weight is 394 g/mol. The van der Waals surface area contributed by atoms with Crippen LogP contribution in [0.3, 0.4) is 0 Å². The molecule has 0 spiro atoms. The summed E-state index contributed by atoms with van der Waals surface area (Å²) >= 11 is 3.35. The molecule has 0 unspecified atom stereocenters. The summed E-state index contributed by atoms with van der Waals surface area (Å²) in [4.78, 5) is 37.8. The van der Waals surface area contributed by atoms with Crippen LogP contribution in [0.2, 0.25) is 0 Å². The van der Waals surface area contributed by atoms with Crippen molar-refractivity contribution in [2.45, 2.75) is 38.7 Å². The van der Waals surface area contributed by atoms with E-state index in [0.29, 0.717) is 0 Å². The molecule has 1 aromatic carbocycles. The third kappa shape index (κ3) is 3.69. The van der Waals surface area contributed by atoms with Gasteiger partial charge in [0.2, 0.25) is 11.8 Å². The maximum atomic E-state index is 12.3. The fourth-order valence-corrected chi connectivity index (χ4v) is 3.74. The highest BCUT2D eigenvalue weighted by Crippen LogP contribution is 2.37. The number of carbonyl (C=O) groups excluding carboxylic acids is 3. The van der Waals surface area contributed by atoms with Gasteiger partial charge in [0.25, 0.3) is 0 Å². The number of likely N-dealkylation sites (tertiary alicyclic amines) is 1. The Morgan fingerprint density at radius 3 is 2.25 bits per heavy atom. The minimum Gasteiger partial charge on any atom is -0.461 e. The van der Waals surface area contributed by atoms with E-state index in [0.717, 1.165) is 35.7 Å². The topological polar surface area (TPSA) is 63.7 Å². The largest absolute Gasteiger partial charge is 0.461 e. The van der Waals surface area contributed by atoms with Crippen molar-refractivity contribution in [2.75, 3.05) is 6.54 Å². The van der Waals surface area contributed by atoms with Crippen LogP contribution in [0.4, 0.5) is 0 Å². The molecule has 1 aliphatic carbocycles. The summed E-state index contributed by atoms with van der Waals surface area (Å²) in [7, 11) is 0. The maximum absolute atomic E-state index is 12.3. The maximum Gasteiger partial charge on any atom is 0.307 e. The first-order valence-corrected chi connectivity index (χ1v) is 9.11. The molecule has 1 saturated carbocycles. The number of fused-ring (bicyclic) bond motifs is 1. The predicted molar refractivity (Wildman–Crippen MR) is 90.7 cm³/mol. The Bertz CT molecular complexity index is 619. The van der Waals surface area contributed by atoms with Gasteiger partial charge in [0.15, 0.2) is 0 Å². The molecule has 3 rings (SSSR count). The zero-order chi connectivity index (χ0) is 17.1. The van der Waals surface area contributed by atoms with Crippen molar-refractivity contribution in [2.24, 2.45) is 11.8 Å². The lowest BCUT2D eigenvalue weighted by Crippen LogP contribution is -2.33. The molecule has 5 nitrogen and oxygen atoms in total. The number of halogens is 1. The second kappa shape index (κ2) is 7.47. The van der Waals surface area contributed by atoms with Crippen molar-refractivity contribution in [3.63, 3.8) is 0 Å². The molecule has 2 aliphatic rings.